The maximum Gasteiger partial charge on any atom is 0.146 e. The van der Waals surface area contributed by atoms with E-state index in [0.717, 1.165) is 87.7 Å². The standard InChI is InChI=1S/C19H29N5O/c1-3-4-8-21-18-16(11-20)15-7-9-24(2)13-17(15)19(23-18)22-12-14-6-5-10-25-14/h14H,3-10,12-13H2,1-2H3,(H2,21,22,23)/t14-/m0/s1. The van der Waals surface area contributed by atoms with Crippen LogP contribution in [0.2, 0.25) is 0 Å². The van der Waals surface area contributed by atoms with Crippen molar-refractivity contribution in [3.63, 3.8) is 0 Å². The molecule has 2 aliphatic rings. The molecule has 0 aromatic carbocycles. The minimum absolute atomic E-state index is 0.269. The molecule has 3 rings (SSSR count). The first-order valence-corrected chi connectivity index (χ1v) is 9.46. The summed E-state index contributed by atoms with van der Waals surface area (Å²) in [4.78, 5) is 7.08. The van der Waals surface area contributed by atoms with Crippen molar-refractivity contribution in [2.45, 2.75) is 51.7 Å². The van der Waals surface area contributed by atoms with Gasteiger partial charge in [-0.25, -0.2) is 4.98 Å². The van der Waals surface area contributed by atoms with E-state index in [1.807, 2.05) is 0 Å². The van der Waals surface area contributed by atoms with Crippen LogP contribution in [0.3, 0.4) is 0 Å². The van der Waals surface area contributed by atoms with E-state index in [0.29, 0.717) is 0 Å². The van der Waals surface area contributed by atoms with Crippen LogP contribution < -0.4 is 10.6 Å². The molecule has 1 aromatic rings. The van der Waals surface area contributed by atoms with Crippen molar-refractivity contribution in [3.05, 3.63) is 16.7 Å². The number of nitrogens with zero attached hydrogens (tertiary/aromatic N) is 3. The molecule has 0 bridgehead atoms. The third-order valence-corrected chi connectivity index (χ3v) is 5.04. The maximum atomic E-state index is 9.71. The lowest BCUT2D eigenvalue weighted by molar-refractivity contribution is 0.120. The van der Waals surface area contributed by atoms with Crippen LogP contribution in [0.4, 0.5) is 11.6 Å². The van der Waals surface area contributed by atoms with Crippen molar-refractivity contribution >= 4 is 11.6 Å². The molecule has 1 aromatic heterocycles. The molecule has 1 saturated heterocycles. The molecule has 0 unspecified atom stereocenters. The Balaban J connectivity index is 1.87. The van der Waals surface area contributed by atoms with Gasteiger partial charge in [-0.3, -0.25) is 0 Å². The summed E-state index contributed by atoms with van der Waals surface area (Å²) in [5.74, 6) is 1.64. The fourth-order valence-electron chi connectivity index (χ4n) is 3.56. The first kappa shape index (κ1) is 18.0. The number of hydrogen-bond donors (Lipinski definition) is 2. The molecule has 6 heteroatoms. The normalized spacial score (nSPS) is 20.1. The van der Waals surface area contributed by atoms with Crippen molar-refractivity contribution in [2.75, 3.05) is 43.9 Å². The minimum Gasteiger partial charge on any atom is -0.376 e. The second-order valence-electron chi connectivity index (χ2n) is 7.04. The zero-order valence-corrected chi connectivity index (χ0v) is 15.4. The molecule has 0 saturated carbocycles. The van der Waals surface area contributed by atoms with Crippen molar-refractivity contribution in [1.82, 2.24) is 9.88 Å². The molecule has 136 valence electrons. The smallest absolute Gasteiger partial charge is 0.146 e. The highest BCUT2D eigenvalue weighted by Crippen LogP contribution is 2.31. The fourth-order valence-corrected chi connectivity index (χ4v) is 3.56. The number of nitriles is 1. The van der Waals surface area contributed by atoms with Crippen LogP contribution in [0.15, 0.2) is 0 Å². The number of unbranched alkanes of at least 4 members (excludes halogenated alkanes) is 1. The molecule has 0 radical (unpaired) electrons. The Kier molecular flexibility index (Phi) is 6.11. The summed E-state index contributed by atoms with van der Waals surface area (Å²) in [6.07, 6.45) is 5.60. The number of fused-ring (bicyclic) bond motifs is 1. The number of pyridine rings is 1. The van der Waals surface area contributed by atoms with Crippen molar-refractivity contribution in [1.29, 1.82) is 5.26 Å². The van der Waals surface area contributed by atoms with Gasteiger partial charge >= 0.3 is 0 Å². The fraction of sp³-hybridized carbons (Fsp3) is 0.684. The van der Waals surface area contributed by atoms with E-state index in [1.54, 1.807) is 0 Å². The maximum absolute atomic E-state index is 9.71. The summed E-state index contributed by atoms with van der Waals surface area (Å²) in [6, 6.07) is 2.39. The Morgan fingerprint density at radius 3 is 2.92 bits per heavy atom. The number of anilines is 2. The molecular weight excluding hydrogens is 314 g/mol. The van der Waals surface area contributed by atoms with Crippen LogP contribution in [0.5, 0.6) is 0 Å². The molecule has 1 atom stereocenters. The molecule has 1 fully saturated rings. The molecule has 0 aliphatic carbocycles. The highest BCUT2D eigenvalue weighted by atomic mass is 16.5. The average Bonchev–Trinajstić information content (AvgIpc) is 3.13. The van der Waals surface area contributed by atoms with Gasteiger partial charge in [0.15, 0.2) is 0 Å². The van der Waals surface area contributed by atoms with E-state index in [2.05, 4.69) is 35.6 Å². The molecule has 6 nitrogen and oxygen atoms in total. The van der Waals surface area contributed by atoms with Crippen LogP contribution in [0, 0.1) is 11.3 Å². The first-order chi connectivity index (χ1) is 12.2. The highest BCUT2D eigenvalue weighted by molar-refractivity contribution is 5.66. The van der Waals surface area contributed by atoms with Gasteiger partial charge in [0.05, 0.1) is 11.7 Å². The van der Waals surface area contributed by atoms with Crippen molar-refractivity contribution in [2.24, 2.45) is 0 Å². The van der Waals surface area contributed by atoms with E-state index in [9.17, 15) is 5.26 Å². The quantitative estimate of drug-likeness (QED) is 0.742. The van der Waals surface area contributed by atoms with Crippen LogP contribution in [-0.4, -0.2) is 49.3 Å². The lowest BCUT2D eigenvalue weighted by Gasteiger charge is -2.29. The second kappa shape index (κ2) is 8.50. The largest absolute Gasteiger partial charge is 0.376 e. The Bertz CT molecular complexity index is 634. The van der Waals surface area contributed by atoms with Gasteiger partial charge in [-0.2, -0.15) is 5.26 Å². The van der Waals surface area contributed by atoms with E-state index < -0.39 is 0 Å². The first-order valence-electron chi connectivity index (χ1n) is 9.46. The Labute approximate surface area is 150 Å². The molecular formula is C19H29N5O. The minimum atomic E-state index is 0.269. The van der Waals surface area contributed by atoms with Crippen molar-refractivity contribution in [3.8, 4) is 6.07 Å². The van der Waals surface area contributed by atoms with Gasteiger partial charge in [0.25, 0.3) is 0 Å². The van der Waals surface area contributed by atoms with Crippen LogP contribution in [-0.2, 0) is 17.7 Å². The number of ether oxygens (including phenoxy) is 1. The molecule has 0 amide bonds. The van der Waals surface area contributed by atoms with Gasteiger partial charge in [0.1, 0.15) is 17.7 Å². The molecule has 2 aliphatic heterocycles. The van der Waals surface area contributed by atoms with E-state index in [1.165, 1.54) is 5.56 Å². The Morgan fingerprint density at radius 2 is 2.20 bits per heavy atom. The van der Waals surface area contributed by atoms with Gasteiger partial charge < -0.3 is 20.3 Å². The van der Waals surface area contributed by atoms with Crippen LogP contribution in [0.25, 0.3) is 0 Å². The lowest BCUT2D eigenvalue weighted by atomic mass is 9.96. The highest BCUT2D eigenvalue weighted by Gasteiger charge is 2.25. The summed E-state index contributed by atoms with van der Waals surface area (Å²) >= 11 is 0. The van der Waals surface area contributed by atoms with Gasteiger partial charge in [-0.05, 0) is 38.3 Å². The Morgan fingerprint density at radius 1 is 1.32 bits per heavy atom. The molecule has 0 spiro atoms. The number of aromatic nitrogens is 1. The van der Waals surface area contributed by atoms with Gasteiger partial charge in [0, 0.05) is 38.3 Å². The monoisotopic (exact) mass is 343 g/mol. The SMILES string of the molecule is CCCCNc1nc(NC[C@@H]2CCCO2)c2c(c1C#N)CCN(C)C2. The van der Waals surface area contributed by atoms with Crippen LogP contribution in [0.1, 0.15) is 49.3 Å². The lowest BCUT2D eigenvalue weighted by Crippen LogP contribution is -2.30. The summed E-state index contributed by atoms with van der Waals surface area (Å²) in [6.45, 7) is 6.46. The number of nitrogens with one attached hydrogen (secondary N) is 2. The molecule has 3 heterocycles. The van der Waals surface area contributed by atoms with E-state index >= 15 is 0 Å². The molecule has 2 N–H and O–H groups in total. The summed E-state index contributed by atoms with van der Waals surface area (Å²) in [7, 11) is 2.12. The zero-order chi connectivity index (χ0) is 17.6. The van der Waals surface area contributed by atoms with E-state index in [4.69, 9.17) is 9.72 Å². The van der Waals surface area contributed by atoms with Gasteiger partial charge in [-0.1, -0.05) is 13.3 Å². The number of hydrogen-bond acceptors (Lipinski definition) is 6. The summed E-state index contributed by atoms with van der Waals surface area (Å²) in [5.41, 5.74) is 3.05. The zero-order valence-electron chi connectivity index (χ0n) is 15.4. The topological polar surface area (TPSA) is 73.2 Å². The molecule has 25 heavy (non-hydrogen) atoms. The second-order valence-corrected chi connectivity index (χ2v) is 7.04. The predicted molar refractivity (Wildman–Crippen MR) is 99.9 cm³/mol. The Hall–Kier alpha value is -1.84. The predicted octanol–water partition coefficient (Wildman–Crippen LogP) is 2.74. The van der Waals surface area contributed by atoms with Gasteiger partial charge in [0.2, 0.25) is 0 Å². The average molecular weight is 343 g/mol. The number of likely N-dealkylation sites (N-methyl/N-ethyl adjacent to an activating group) is 1. The van der Waals surface area contributed by atoms with E-state index in [-0.39, 0.29) is 6.10 Å². The van der Waals surface area contributed by atoms with Gasteiger partial charge in [-0.15, -0.1) is 0 Å². The third-order valence-electron chi connectivity index (χ3n) is 5.04. The van der Waals surface area contributed by atoms with Crippen molar-refractivity contribution < 1.29 is 4.74 Å². The third kappa shape index (κ3) is 4.23. The van der Waals surface area contributed by atoms with Crippen LogP contribution >= 0.6 is 0 Å². The number of rotatable bonds is 7. The summed E-state index contributed by atoms with van der Waals surface area (Å²) in [5, 5.41) is 16.6. The summed E-state index contributed by atoms with van der Waals surface area (Å²) < 4.78 is 5.73.